The Balaban J connectivity index is 1.64. The van der Waals surface area contributed by atoms with E-state index in [0.29, 0.717) is 22.9 Å². The molecule has 3 N–H and O–H groups in total. The van der Waals surface area contributed by atoms with Crippen molar-refractivity contribution in [3.8, 4) is 0 Å². The monoisotopic (exact) mass is 368 g/mol. The number of hydrogen-bond acceptors (Lipinski definition) is 3. The number of benzene rings is 2. The molecule has 6 heteroatoms. The summed E-state index contributed by atoms with van der Waals surface area (Å²) in [5.41, 5.74) is 3.89. The zero-order valence-corrected chi connectivity index (χ0v) is 15.5. The van der Waals surface area contributed by atoms with Crippen LogP contribution in [0.15, 0.2) is 54.6 Å². The third-order valence-electron chi connectivity index (χ3n) is 4.01. The fourth-order valence-corrected chi connectivity index (χ4v) is 2.72. The Kier molecular flexibility index (Phi) is 5.58. The molecule has 0 bridgehead atoms. The molecule has 3 aromatic rings. The van der Waals surface area contributed by atoms with Crippen LogP contribution in [0, 0.1) is 0 Å². The maximum atomic E-state index is 12.3. The lowest BCUT2D eigenvalue weighted by molar-refractivity contribution is 0.102. The van der Waals surface area contributed by atoms with E-state index in [2.05, 4.69) is 20.8 Å². The zero-order valence-electron chi connectivity index (χ0n) is 14.7. The van der Waals surface area contributed by atoms with Crippen LogP contribution in [-0.4, -0.2) is 16.1 Å². The number of anilines is 2. The van der Waals surface area contributed by atoms with Crippen molar-refractivity contribution < 1.29 is 4.79 Å². The number of halogens is 1. The van der Waals surface area contributed by atoms with Crippen molar-refractivity contribution in [1.82, 2.24) is 10.2 Å². The lowest BCUT2D eigenvalue weighted by Gasteiger charge is -2.10. The summed E-state index contributed by atoms with van der Waals surface area (Å²) in [6.07, 6.45) is 0. The number of amides is 1. The van der Waals surface area contributed by atoms with Gasteiger partial charge in [0.1, 0.15) is 0 Å². The second-order valence-corrected chi connectivity index (χ2v) is 6.76. The van der Waals surface area contributed by atoms with Gasteiger partial charge >= 0.3 is 0 Å². The summed E-state index contributed by atoms with van der Waals surface area (Å²) in [4.78, 5) is 12.3. The lowest BCUT2D eigenvalue weighted by Crippen LogP contribution is -2.12. The van der Waals surface area contributed by atoms with E-state index in [4.69, 9.17) is 11.6 Å². The first kappa shape index (κ1) is 18.0. The lowest BCUT2D eigenvalue weighted by atomic mass is 10.1. The molecule has 0 fully saturated rings. The van der Waals surface area contributed by atoms with Crippen molar-refractivity contribution in [2.75, 3.05) is 10.6 Å². The third kappa shape index (κ3) is 4.43. The van der Waals surface area contributed by atoms with Crippen LogP contribution in [-0.2, 0) is 6.54 Å². The molecule has 0 atom stereocenters. The number of hydrogen-bond donors (Lipinski definition) is 3. The van der Waals surface area contributed by atoms with E-state index in [1.54, 1.807) is 12.1 Å². The van der Waals surface area contributed by atoms with Crippen LogP contribution in [0.25, 0.3) is 0 Å². The van der Waals surface area contributed by atoms with Gasteiger partial charge in [-0.3, -0.25) is 9.89 Å². The zero-order chi connectivity index (χ0) is 18.5. The fraction of sp³-hybridized carbons (Fsp3) is 0.200. The van der Waals surface area contributed by atoms with Gasteiger partial charge in [-0.2, -0.15) is 5.10 Å². The normalized spacial score (nSPS) is 10.8. The maximum absolute atomic E-state index is 12.3. The van der Waals surface area contributed by atoms with E-state index in [1.807, 2.05) is 56.3 Å². The summed E-state index contributed by atoms with van der Waals surface area (Å²) in [6, 6.07) is 17.2. The summed E-state index contributed by atoms with van der Waals surface area (Å²) in [5.74, 6) is 0.0164. The highest BCUT2D eigenvalue weighted by atomic mass is 35.5. The van der Waals surface area contributed by atoms with Gasteiger partial charge in [-0.25, -0.2) is 0 Å². The molecule has 0 saturated heterocycles. The summed E-state index contributed by atoms with van der Waals surface area (Å²) in [5, 5.41) is 13.6. The van der Waals surface area contributed by atoms with Crippen LogP contribution in [0.1, 0.15) is 41.5 Å². The number of carbonyl (C=O) groups is 1. The second-order valence-electron chi connectivity index (χ2n) is 6.35. The Bertz CT molecular complexity index is 890. The maximum Gasteiger partial charge on any atom is 0.276 e. The van der Waals surface area contributed by atoms with Crippen molar-refractivity contribution in [1.29, 1.82) is 0 Å². The van der Waals surface area contributed by atoms with Gasteiger partial charge in [0.15, 0.2) is 5.69 Å². The fourth-order valence-electron chi connectivity index (χ4n) is 2.47. The smallest absolute Gasteiger partial charge is 0.276 e. The standard InChI is InChI=1S/C20H21ClN4O/c1-13(2)18-11-19(25-24-18)20(26)23-15-8-9-17(16(21)10-15)22-12-14-6-4-3-5-7-14/h3-11,13,22H,12H2,1-2H3,(H,23,26)(H,24,25). The minimum absolute atomic E-state index is 0.269. The van der Waals surface area contributed by atoms with E-state index in [0.717, 1.165) is 11.4 Å². The van der Waals surface area contributed by atoms with Crippen molar-refractivity contribution in [2.45, 2.75) is 26.3 Å². The van der Waals surface area contributed by atoms with Crippen LogP contribution in [0.4, 0.5) is 11.4 Å². The molecule has 0 spiro atoms. The van der Waals surface area contributed by atoms with Crippen LogP contribution in [0.5, 0.6) is 0 Å². The van der Waals surface area contributed by atoms with Crippen molar-refractivity contribution in [3.63, 3.8) is 0 Å². The number of aromatic amines is 1. The molecule has 2 aromatic carbocycles. The van der Waals surface area contributed by atoms with Crippen LogP contribution >= 0.6 is 11.6 Å². The number of aromatic nitrogens is 2. The van der Waals surface area contributed by atoms with Gasteiger partial charge in [-0.15, -0.1) is 0 Å². The molecule has 0 aliphatic carbocycles. The third-order valence-corrected chi connectivity index (χ3v) is 4.32. The molecule has 1 aromatic heterocycles. The van der Waals surface area contributed by atoms with Crippen molar-refractivity contribution in [3.05, 3.63) is 76.6 Å². The van der Waals surface area contributed by atoms with Gasteiger partial charge in [0, 0.05) is 17.9 Å². The Morgan fingerprint density at radius 1 is 1.15 bits per heavy atom. The minimum atomic E-state index is -0.269. The highest BCUT2D eigenvalue weighted by Crippen LogP contribution is 2.26. The molecule has 0 unspecified atom stereocenters. The Hall–Kier alpha value is -2.79. The predicted molar refractivity (Wildman–Crippen MR) is 106 cm³/mol. The van der Waals surface area contributed by atoms with Gasteiger partial charge in [0.25, 0.3) is 5.91 Å². The first-order chi connectivity index (χ1) is 12.5. The molecule has 134 valence electrons. The van der Waals surface area contributed by atoms with E-state index >= 15 is 0 Å². The Morgan fingerprint density at radius 2 is 1.92 bits per heavy atom. The molecule has 5 nitrogen and oxygen atoms in total. The number of nitrogens with zero attached hydrogens (tertiary/aromatic N) is 1. The quantitative estimate of drug-likeness (QED) is 0.570. The summed E-state index contributed by atoms with van der Waals surface area (Å²) >= 11 is 6.34. The summed E-state index contributed by atoms with van der Waals surface area (Å²) in [6.45, 7) is 4.75. The average molecular weight is 369 g/mol. The van der Waals surface area contributed by atoms with Gasteiger partial charge in [-0.1, -0.05) is 55.8 Å². The van der Waals surface area contributed by atoms with Gasteiger partial charge in [0.2, 0.25) is 0 Å². The van der Waals surface area contributed by atoms with Crippen LogP contribution in [0.3, 0.4) is 0 Å². The number of nitrogens with one attached hydrogen (secondary N) is 3. The molecule has 1 heterocycles. The van der Waals surface area contributed by atoms with Crippen molar-refractivity contribution in [2.24, 2.45) is 0 Å². The minimum Gasteiger partial charge on any atom is -0.380 e. The van der Waals surface area contributed by atoms with Crippen LogP contribution in [0.2, 0.25) is 5.02 Å². The predicted octanol–water partition coefficient (Wildman–Crippen LogP) is 5.05. The topological polar surface area (TPSA) is 69.8 Å². The molecule has 1 amide bonds. The van der Waals surface area contributed by atoms with Gasteiger partial charge < -0.3 is 10.6 Å². The molecular weight excluding hydrogens is 348 g/mol. The molecule has 3 rings (SSSR count). The molecule has 26 heavy (non-hydrogen) atoms. The number of carbonyl (C=O) groups excluding carboxylic acids is 1. The summed E-state index contributed by atoms with van der Waals surface area (Å²) in [7, 11) is 0. The highest BCUT2D eigenvalue weighted by molar-refractivity contribution is 6.33. The summed E-state index contributed by atoms with van der Waals surface area (Å²) < 4.78 is 0. The second kappa shape index (κ2) is 8.06. The van der Waals surface area contributed by atoms with E-state index < -0.39 is 0 Å². The van der Waals surface area contributed by atoms with E-state index in [1.165, 1.54) is 5.56 Å². The molecule has 0 saturated carbocycles. The largest absolute Gasteiger partial charge is 0.380 e. The van der Waals surface area contributed by atoms with Gasteiger partial charge in [-0.05, 0) is 35.7 Å². The molecular formula is C20H21ClN4O. The molecule has 0 aliphatic rings. The number of rotatable bonds is 6. The number of H-pyrrole nitrogens is 1. The first-order valence-electron chi connectivity index (χ1n) is 8.47. The Morgan fingerprint density at radius 3 is 2.58 bits per heavy atom. The Labute approximate surface area is 157 Å². The van der Waals surface area contributed by atoms with E-state index in [9.17, 15) is 4.79 Å². The van der Waals surface area contributed by atoms with Gasteiger partial charge in [0.05, 0.1) is 10.7 Å². The highest BCUT2D eigenvalue weighted by Gasteiger charge is 2.13. The SMILES string of the molecule is CC(C)c1cc(C(=O)Nc2ccc(NCc3ccccc3)c(Cl)c2)n[nH]1. The van der Waals surface area contributed by atoms with E-state index in [-0.39, 0.29) is 11.8 Å². The van der Waals surface area contributed by atoms with Crippen LogP contribution < -0.4 is 10.6 Å². The molecule has 0 radical (unpaired) electrons. The average Bonchev–Trinajstić information content (AvgIpc) is 3.12. The first-order valence-corrected chi connectivity index (χ1v) is 8.84. The molecule has 0 aliphatic heterocycles. The van der Waals surface area contributed by atoms with Crippen molar-refractivity contribution >= 4 is 28.9 Å².